The van der Waals surface area contributed by atoms with E-state index in [1.807, 2.05) is 0 Å². The third-order valence-electron chi connectivity index (χ3n) is 4.48. The molecular weight excluding hydrogens is 447 g/mol. The molecule has 9 nitrogen and oxygen atoms in total. The van der Waals surface area contributed by atoms with Crippen molar-refractivity contribution in [3.8, 4) is 0 Å². The van der Waals surface area contributed by atoms with Gasteiger partial charge in [0.05, 0.1) is 59.7 Å². The fourth-order valence-electron chi connectivity index (χ4n) is 3.22. The highest BCUT2D eigenvalue weighted by molar-refractivity contribution is 6.42. The van der Waals surface area contributed by atoms with E-state index in [4.69, 9.17) is 42.9 Å². The fourth-order valence-corrected chi connectivity index (χ4v) is 3.64. The maximum absolute atomic E-state index is 12.8. The molecule has 2 rings (SSSR count). The Hall–Kier alpha value is -2.71. The van der Waals surface area contributed by atoms with Crippen LogP contribution in [0.1, 0.15) is 25.3 Å². The number of carbonyl (C=O) groups excluding carboxylic acids is 2. The van der Waals surface area contributed by atoms with Crippen LogP contribution in [0.3, 0.4) is 0 Å². The minimum Gasteiger partial charge on any atom is -0.466 e. The Kier molecular flexibility index (Phi) is 9.21. The second-order valence-electron chi connectivity index (χ2n) is 6.35. The summed E-state index contributed by atoms with van der Waals surface area (Å²) in [5, 5.41) is 6.93. The molecule has 0 radical (unpaired) electrons. The number of benzene rings is 1. The Bertz CT molecular complexity index is 970. The van der Waals surface area contributed by atoms with E-state index in [0.717, 1.165) is 0 Å². The second kappa shape index (κ2) is 11.6. The van der Waals surface area contributed by atoms with Crippen LogP contribution in [0.5, 0.6) is 0 Å². The van der Waals surface area contributed by atoms with Crippen LogP contribution in [-0.4, -0.2) is 45.4 Å². The molecule has 166 valence electrons. The number of nitrogens with zero attached hydrogens (tertiary/aromatic N) is 3. The molecule has 1 unspecified atom stereocenters. The lowest BCUT2D eigenvalue weighted by Gasteiger charge is -2.31. The predicted octanol–water partition coefficient (Wildman–Crippen LogP) is 4.27. The number of hydrogen-bond donors (Lipinski definition) is 1. The van der Waals surface area contributed by atoms with Crippen molar-refractivity contribution in [2.75, 3.05) is 33.5 Å². The van der Waals surface area contributed by atoms with Crippen molar-refractivity contribution in [3.63, 3.8) is 0 Å². The summed E-state index contributed by atoms with van der Waals surface area (Å²) in [5.41, 5.74) is 10.0. The highest BCUT2D eigenvalue weighted by Crippen LogP contribution is 2.43. The molecule has 0 bridgehead atoms. The summed E-state index contributed by atoms with van der Waals surface area (Å²) in [6.07, 6.45) is 0. The van der Waals surface area contributed by atoms with Gasteiger partial charge in [-0.3, -0.25) is 0 Å². The van der Waals surface area contributed by atoms with Gasteiger partial charge in [0.25, 0.3) is 0 Å². The number of azide groups is 1. The molecule has 1 aromatic rings. The van der Waals surface area contributed by atoms with E-state index >= 15 is 0 Å². The summed E-state index contributed by atoms with van der Waals surface area (Å²) in [6, 6.07) is 4.96. The van der Waals surface area contributed by atoms with E-state index in [1.165, 1.54) is 7.11 Å². The van der Waals surface area contributed by atoms with Crippen LogP contribution in [0.2, 0.25) is 10.0 Å². The molecule has 0 amide bonds. The molecule has 0 saturated carbocycles. The van der Waals surface area contributed by atoms with E-state index < -0.39 is 17.9 Å². The van der Waals surface area contributed by atoms with Gasteiger partial charge in [-0.15, -0.1) is 0 Å². The van der Waals surface area contributed by atoms with Crippen molar-refractivity contribution < 1.29 is 23.8 Å². The molecule has 0 fully saturated rings. The SMILES string of the molecule is CCOC(=O)C1=C(C)NC(COCCN=[N+]=[N-])=C(C(=O)OC)C1c1cccc(Cl)c1Cl. The summed E-state index contributed by atoms with van der Waals surface area (Å²) < 4.78 is 15.8. The summed E-state index contributed by atoms with van der Waals surface area (Å²) in [7, 11) is 1.24. The molecule has 1 aliphatic heterocycles. The maximum Gasteiger partial charge on any atom is 0.336 e. The maximum atomic E-state index is 12.8. The van der Waals surface area contributed by atoms with Crippen LogP contribution in [-0.2, 0) is 23.8 Å². The molecule has 0 spiro atoms. The zero-order valence-electron chi connectivity index (χ0n) is 17.3. The first-order valence-corrected chi connectivity index (χ1v) is 10.1. The average molecular weight is 469 g/mol. The number of methoxy groups -OCH3 is 1. The summed E-state index contributed by atoms with van der Waals surface area (Å²) in [6.45, 7) is 3.77. The smallest absolute Gasteiger partial charge is 0.336 e. The Balaban J connectivity index is 2.63. The lowest BCUT2D eigenvalue weighted by Crippen LogP contribution is -2.35. The van der Waals surface area contributed by atoms with E-state index in [0.29, 0.717) is 17.0 Å². The van der Waals surface area contributed by atoms with Crippen LogP contribution < -0.4 is 5.32 Å². The van der Waals surface area contributed by atoms with Crippen LogP contribution in [0.15, 0.2) is 45.9 Å². The van der Waals surface area contributed by atoms with Crippen molar-refractivity contribution in [2.24, 2.45) is 5.11 Å². The zero-order chi connectivity index (χ0) is 23.0. The molecule has 11 heteroatoms. The van der Waals surface area contributed by atoms with Gasteiger partial charge in [-0.1, -0.05) is 40.4 Å². The Labute approximate surface area is 189 Å². The average Bonchev–Trinajstić information content (AvgIpc) is 2.74. The van der Waals surface area contributed by atoms with Crippen molar-refractivity contribution in [1.82, 2.24) is 5.32 Å². The number of carbonyl (C=O) groups is 2. The summed E-state index contributed by atoms with van der Waals surface area (Å²) in [5.74, 6) is -2.16. The number of allylic oxidation sites excluding steroid dienone is 1. The molecule has 0 saturated heterocycles. The first-order valence-electron chi connectivity index (χ1n) is 9.36. The minimum absolute atomic E-state index is 0.0203. The van der Waals surface area contributed by atoms with Crippen LogP contribution >= 0.6 is 23.2 Å². The molecule has 1 aliphatic rings. The van der Waals surface area contributed by atoms with E-state index in [-0.39, 0.29) is 47.6 Å². The standard InChI is InChI=1S/C20H22Cl2N4O5/c1-4-31-20(28)15-11(2)25-14(10-30-9-8-24-26-23)17(19(27)29-3)16(15)12-6-5-7-13(21)18(12)22/h5-7,16,25H,4,8-10H2,1-3H3. The van der Waals surface area contributed by atoms with Gasteiger partial charge in [-0.25, -0.2) is 9.59 Å². The molecule has 0 aliphatic carbocycles. The molecule has 1 heterocycles. The normalized spacial score (nSPS) is 15.8. The topological polar surface area (TPSA) is 123 Å². The summed E-state index contributed by atoms with van der Waals surface area (Å²) in [4.78, 5) is 28.3. The van der Waals surface area contributed by atoms with E-state index in [9.17, 15) is 9.59 Å². The van der Waals surface area contributed by atoms with E-state index in [2.05, 4.69) is 15.3 Å². The number of dihydropyridines is 1. The minimum atomic E-state index is -0.894. The highest BCUT2D eigenvalue weighted by atomic mass is 35.5. The van der Waals surface area contributed by atoms with Crippen molar-refractivity contribution >= 4 is 35.1 Å². The second-order valence-corrected chi connectivity index (χ2v) is 7.14. The third kappa shape index (κ3) is 5.71. The Morgan fingerprint density at radius 3 is 2.65 bits per heavy atom. The Morgan fingerprint density at radius 1 is 1.26 bits per heavy atom. The van der Waals surface area contributed by atoms with Crippen molar-refractivity contribution in [1.29, 1.82) is 0 Å². The lowest BCUT2D eigenvalue weighted by molar-refractivity contribution is -0.139. The first-order chi connectivity index (χ1) is 14.9. The number of rotatable bonds is 9. The Morgan fingerprint density at radius 2 is 2.00 bits per heavy atom. The van der Waals surface area contributed by atoms with Gasteiger partial charge in [0.2, 0.25) is 0 Å². The zero-order valence-corrected chi connectivity index (χ0v) is 18.8. The third-order valence-corrected chi connectivity index (χ3v) is 5.32. The lowest BCUT2D eigenvalue weighted by atomic mass is 9.80. The molecule has 31 heavy (non-hydrogen) atoms. The molecule has 1 atom stereocenters. The van der Waals surface area contributed by atoms with Gasteiger partial charge in [0, 0.05) is 17.2 Å². The first kappa shape index (κ1) is 24.6. The van der Waals surface area contributed by atoms with Gasteiger partial charge in [0.15, 0.2) is 0 Å². The van der Waals surface area contributed by atoms with Crippen LogP contribution in [0, 0.1) is 0 Å². The number of nitrogens with one attached hydrogen (secondary N) is 1. The van der Waals surface area contributed by atoms with Crippen molar-refractivity contribution in [3.05, 3.63) is 66.8 Å². The summed E-state index contributed by atoms with van der Waals surface area (Å²) >= 11 is 12.7. The van der Waals surface area contributed by atoms with Gasteiger partial charge in [-0.05, 0) is 31.0 Å². The molecular formula is C20H22Cl2N4O5. The predicted molar refractivity (Wildman–Crippen MR) is 116 cm³/mol. The molecule has 1 aromatic carbocycles. The quantitative estimate of drug-likeness (QED) is 0.189. The van der Waals surface area contributed by atoms with Gasteiger partial charge < -0.3 is 19.5 Å². The number of hydrogen-bond acceptors (Lipinski definition) is 7. The number of esters is 2. The van der Waals surface area contributed by atoms with Gasteiger partial charge in [-0.2, -0.15) is 0 Å². The monoisotopic (exact) mass is 468 g/mol. The fraction of sp³-hybridized carbons (Fsp3) is 0.400. The molecule has 0 aromatic heterocycles. The van der Waals surface area contributed by atoms with Crippen LogP contribution in [0.25, 0.3) is 10.4 Å². The van der Waals surface area contributed by atoms with Gasteiger partial charge >= 0.3 is 11.9 Å². The van der Waals surface area contributed by atoms with Gasteiger partial charge in [0.1, 0.15) is 0 Å². The number of halogens is 2. The largest absolute Gasteiger partial charge is 0.466 e. The van der Waals surface area contributed by atoms with Crippen LogP contribution in [0.4, 0.5) is 0 Å². The van der Waals surface area contributed by atoms with Crippen molar-refractivity contribution in [2.45, 2.75) is 19.8 Å². The van der Waals surface area contributed by atoms with E-state index in [1.54, 1.807) is 32.0 Å². The molecule has 1 N–H and O–H groups in total. The number of ether oxygens (including phenoxy) is 3. The highest BCUT2D eigenvalue weighted by Gasteiger charge is 2.40.